The molecular formula is C16H19NO. The van der Waals surface area contributed by atoms with Gasteiger partial charge in [-0.1, -0.05) is 48.0 Å². The zero-order valence-electron chi connectivity index (χ0n) is 10.9. The summed E-state index contributed by atoms with van der Waals surface area (Å²) in [6.07, 6.45) is 0.787. The van der Waals surface area contributed by atoms with Gasteiger partial charge in [0.05, 0.1) is 7.11 Å². The van der Waals surface area contributed by atoms with E-state index in [2.05, 4.69) is 31.2 Å². The van der Waals surface area contributed by atoms with Gasteiger partial charge in [-0.05, 0) is 30.5 Å². The fourth-order valence-electron chi connectivity index (χ4n) is 2.12. The second kappa shape index (κ2) is 5.69. The van der Waals surface area contributed by atoms with Crippen LogP contribution in [0.1, 0.15) is 22.7 Å². The maximum absolute atomic E-state index is 6.25. The van der Waals surface area contributed by atoms with Crippen LogP contribution in [0.2, 0.25) is 0 Å². The summed E-state index contributed by atoms with van der Waals surface area (Å²) >= 11 is 0. The number of benzene rings is 2. The van der Waals surface area contributed by atoms with Gasteiger partial charge in [0.2, 0.25) is 0 Å². The van der Waals surface area contributed by atoms with Crippen LogP contribution in [-0.2, 0) is 6.42 Å². The van der Waals surface area contributed by atoms with Crippen LogP contribution in [-0.4, -0.2) is 7.11 Å². The molecule has 0 aliphatic heterocycles. The molecule has 2 N–H and O–H groups in total. The van der Waals surface area contributed by atoms with Crippen molar-refractivity contribution in [1.29, 1.82) is 0 Å². The maximum atomic E-state index is 6.25. The zero-order chi connectivity index (χ0) is 13.0. The van der Waals surface area contributed by atoms with E-state index >= 15 is 0 Å². The Bertz CT molecular complexity index is 508. The first kappa shape index (κ1) is 12.7. The summed E-state index contributed by atoms with van der Waals surface area (Å²) < 4.78 is 5.38. The Balaban J connectivity index is 2.21. The molecule has 0 amide bonds. The van der Waals surface area contributed by atoms with Crippen molar-refractivity contribution in [2.75, 3.05) is 7.11 Å². The first-order valence-electron chi connectivity index (χ1n) is 6.14. The largest absolute Gasteiger partial charge is 0.496 e. The predicted octanol–water partition coefficient (Wildman–Crippen LogP) is 3.25. The summed E-state index contributed by atoms with van der Waals surface area (Å²) in [5.41, 5.74) is 9.79. The van der Waals surface area contributed by atoms with Crippen LogP contribution in [0.15, 0.2) is 48.5 Å². The van der Waals surface area contributed by atoms with Crippen LogP contribution in [0.5, 0.6) is 5.75 Å². The molecule has 2 rings (SSSR count). The minimum absolute atomic E-state index is 0.00176. The number of methoxy groups -OCH3 is 1. The van der Waals surface area contributed by atoms with E-state index in [0.717, 1.165) is 23.3 Å². The minimum Gasteiger partial charge on any atom is -0.496 e. The highest BCUT2D eigenvalue weighted by molar-refractivity contribution is 5.38. The third-order valence-corrected chi connectivity index (χ3v) is 3.10. The van der Waals surface area contributed by atoms with Crippen LogP contribution in [0, 0.1) is 6.92 Å². The van der Waals surface area contributed by atoms with Crippen LogP contribution in [0.25, 0.3) is 0 Å². The summed E-state index contributed by atoms with van der Waals surface area (Å²) in [5.74, 6) is 0.909. The highest BCUT2D eigenvalue weighted by atomic mass is 16.5. The number of nitrogens with two attached hydrogens (primary N) is 1. The van der Waals surface area contributed by atoms with Crippen LogP contribution in [0.3, 0.4) is 0 Å². The van der Waals surface area contributed by atoms with Crippen molar-refractivity contribution >= 4 is 0 Å². The molecule has 2 nitrogen and oxygen atoms in total. The third kappa shape index (κ3) is 2.90. The summed E-state index contributed by atoms with van der Waals surface area (Å²) in [5, 5.41) is 0. The summed E-state index contributed by atoms with van der Waals surface area (Å²) in [4.78, 5) is 0. The van der Waals surface area contributed by atoms with Gasteiger partial charge < -0.3 is 10.5 Å². The summed E-state index contributed by atoms with van der Waals surface area (Å²) in [6.45, 7) is 2.08. The third-order valence-electron chi connectivity index (χ3n) is 3.10. The minimum atomic E-state index is 0.00176. The average Bonchev–Trinajstić information content (AvgIpc) is 2.40. The van der Waals surface area contributed by atoms with Crippen LogP contribution in [0.4, 0.5) is 0 Å². The molecule has 1 unspecified atom stereocenters. The van der Waals surface area contributed by atoms with E-state index in [1.165, 1.54) is 5.56 Å². The van der Waals surface area contributed by atoms with Gasteiger partial charge in [0.1, 0.15) is 5.75 Å². The summed E-state index contributed by atoms with van der Waals surface area (Å²) in [7, 11) is 1.70. The van der Waals surface area contributed by atoms with Crippen LogP contribution >= 0.6 is 0 Å². The molecule has 94 valence electrons. The lowest BCUT2D eigenvalue weighted by Gasteiger charge is -2.15. The fraction of sp³-hybridized carbons (Fsp3) is 0.250. The molecule has 0 aliphatic rings. The van der Waals surface area contributed by atoms with Gasteiger partial charge in [-0.25, -0.2) is 0 Å². The maximum Gasteiger partial charge on any atom is 0.122 e. The van der Waals surface area contributed by atoms with E-state index in [0.29, 0.717) is 0 Å². The molecular weight excluding hydrogens is 222 g/mol. The fourth-order valence-corrected chi connectivity index (χ4v) is 2.12. The van der Waals surface area contributed by atoms with E-state index < -0.39 is 0 Å². The van der Waals surface area contributed by atoms with E-state index in [1.807, 2.05) is 24.3 Å². The molecule has 18 heavy (non-hydrogen) atoms. The Kier molecular flexibility index (Phi) is 4.00. The van der Waals surface area contributed by atoms with Crippen molar-refractivity contribution in [2.24, 2.45) is 5.73 Å². The summed E-state index contributed by atoms with van der Waals surface area (Å²) in [6, 6.07) is 16.4. The van der Waals surface area contributed by atoms with Gasteiger partial charge in [-0.2, -0.15) is 0 Å². The van der Waals surface area contributed by atoms with Crippen molar-refractivity contribution in [1.82, 2.24) is 0 Å². The molecule has 0 radical (unpaired) electrons. The molecule has 0 saturated heterocycles. The Labute approximate surface area is 108 Å². The Morgan fingerprint density at radius 3 is 2.50 bits per heavy atom. The van der Waals surface area contributed by atoms with E-state index in [4.69, 9.17) is 10.5 Å². The zero-order valence-corrected chi connectivity index (χ0v) is 10.9. The Hall–Kier alpha value is -1.80. The van der Waals surface area contributed by atoms with Crippen molar-refractivity contribution in [2.45, 2.75) is 19.4 Å². The highest BCUT2D eigenvalue weighted by Crippen LogP contribution is 2.24. The molecule has 0 fully saturated rings. The molecule has 2 heteroatoms. The Morgan fingerprint density at radius 1 is 1.11 bits per heavy atom. The van der Waals surface area contributed by atoms with Gasteiger partial charge in [-0.3, -0.25) is 0 Å². The van der Waals surface area contributed by atoms with Crippen molar-refractivity contribution in [3.63, 3.8) is 0 Å². The molecule has 0 saturated carbocycles. The first-order chi connectivity index (χ1) is 8.70. The van der Waals surface area contributed by atoms with Crippen molar-refractivity contribution in [3.8, 4) is 5.75 Å². The molecule has 0 aliphatic carbocycles. The van der Waals surface area contributed by atoms with Gasteiger partial charge in [0.25, 0.3) is 0 Å². The standard InChI is InChI=1S/C16H19NO/c1-12-8-9-16(18-2)14(10-12)11-15(17)13-6-4-3-5-7-13/h3-10,15H,11,17H2,1-2H3. The molecule has 0 spiro atoms. The van der Waals surface area contributed by atoms with Crippen molar-refractivity contribution in [3.05, 3.63) is 65.2 Å². The predicted molar refractivity (Wildman–Crippen MR) is 74.8 cm³/mol. The molecule has 0 heterocycles. The lowest BCUT2D eigenvalue weighted by molar-refractivity contribution is 0.408. The number of rotatable bonds is 4. The molecule has 2 aromatic rings. The van der Waals surface area contributed by atoms with Gasteiger partial charge >= 0.3 is 0 Å². The highest BCUT2D eigenvalue weighted by Gasteiger charge is 2.10. The number of ether oxygens (including phenoxy) is 1. The second-order valence-electron chi connectivity index (χ2n) is 4.54. The lowest BCUT2D eigenvalue weighted by atomic mass is 9.98. The van der Waals surface area contributed by atoms with E-state index in [-0.39, 0.29) is 6.04 Å². The molecule has 2 aromatic carbocycles. The SMILES string of the molecule is COc1ccc(C)cc1CC(N)c1ccccc1. The number of hydrogen-bond acceptors (Lipinski definition) is 2. The van der Waals surface area contributed by atoms with Crippen LogP contribution < -0.4 is 10.5 Å². The van der Waals surface area contributed by atoms with Gasteiger partial charge in [0.15, 0.2) is 0 Å². The normalized spacial score (nSPS) is 12.2. The Morgan fingerprint density at radius 2 is 1.83 bits per heavy atom. The van der Waals surface area contributed by atoms with E-state index in [9.17, 15) is 0 Å². The second-order valence-corrected chi connectivity index (χ2v) is 4.54. The molecule has 1 atom stereocenters. The van der Waals surface area contributed by atoms with Gasteiger partial charge in [0, 0.05) is 6.04 Å². The first-order valence-corrected chi connectivity index (χ1v) is 6.14. The van der Waals surface area contributed by atoms with Crippen molar-refractivity contribution < 1.29 is 4.74 Å². The monoisotopic (exact) mass is 241 g/mol. The lowest BCUT2D eigenvalue weighted by Crippen LogP contribution is -2.13. The average molecular weight is 241 g/mol. The topological polar surface area (TPSA) is 35.2 Å². The quantitative estimate of drug-likeness (QED) is 0.891. The van der Waals surface area contributed by atoms with E-state index in [1.54, 1.807) is 7.11 Å². The molecule has 0 aromatic heterocycles. The number of aryl methyl sites for hydroxylation is 1. The smallest absolute Gasteiger partial charge is 0.122 e. The van der Waals surface area contributed by atoms with Gasteiger partial charge in [-0.15, -0.1) is 0 Å². The molecule has 0 bridgehead atoms. The number of hydrogen-bond donors (Lipinski definition) is 1.